The molecule has 1 amide bonds. The van der Waals surface area contributed by atoms with E-state index in [0.717, 1.165) is 25.5 Å². The van der Waals surface area contributed by atoms with Crippen molar-refractivity contribution in [3.8, 4) is 5.75 Å². The van der Waals surface area contributed by atoms with Crippen LogP contribution in [0.3, 0.4) is 0 Å². The summed E-state index contributed by atoms with van der Waals surface area (Å²) in [4.78, 5) is 12.2. The molecule has 0 bridgehead atoms. The van der Waals surface area contributed by atoms with E-state index in [-0.39, 0.29) is 16.7 Å². The summed E-state index contributed by atoms with van der Waals surface area (Å²) >= 11 is 5.90. The second kappa shape index (κ2) is 7.64. The van der Waals surface area contributed by atoms with Crippen molar-refractivity contribution in [2.45, 2.75) is 18.9 Å². The number of amides is 1. The first kappa shape index (κ1) is 16.7. The van der Waals surface area contributed by atoms with Gasteiger partial charge in [-0.1, -0.05) is 17.7 Å². The van der Waals surface area contributed by atoms with Crippen LogP contribution < -0.4 is 10.1 Å². The Hall–Kier alpha value is -2.11. The van der Waals surface area contributed by atoms with Crippen molar-refractivity contribution in [2.75, 3.05) is 18.5 Å². The first-order chi connectivity index (χ1) is 11.6. The number of hydrogen-bond acceptors (Lipinski definition) is 3. The SMILES string of the molecule is O=C(Nc1cccc(OCC2CCCO2)c1)c1ccc(F)cc1Cl. The molecule has 1 aliphatic rings. The van der Waals surface area contributed by atoms with Gasteiger partial charge in [0.1, 0.15) is 18.2 Å². The molecule has 6 heteroatoms. The summed E-state index contributed by atoms with van der Waals surface area (Å²) in [6.07, 6.45) is 2.18. The largest absolute Gasteiger partial charge is 0.491 e. The quantitative estimate of drug-likeness (QED) is 0.876. The maximum Gasteiger partial charge on any atom is 0.257 e. The van der Waals surface area contributed by atoms with Crippen molar-refractivity contribution in [1.29, 1.82) is 0 Å². The van der Waals surface area contributed by atoms with Gasteiger partial charge in [0, 0.05) is 18.4 Å². The number of rotatable bonds is 5. The smallest absolute Gasteiger partial charge is 0.257 e. The molecule has 1 saturated heterocycles. The summed E-state index contributed by atoms with van der Waals surface area (Å²) in [5, 5.41) is 2.80. The van der Waals surface area contributed by atoms with Crippen LogP contribution in [0.4, 0.5) is 10.1 Å². The summed E-state index contributed by atoms with van der Waals surface area (Å²) in [6, 6.07) is 10.7. The van der Waals surface area contributed by atoms with Crippen LogP contribution in [-0.4, -0.2) is 25.2 Å². The van der Waals surface area contributed by atoms with Gasteiger partial charge >= 0.3 is 0 Å². The molecule has 2 aromatic rings. The first-order valence-electron chi connectivity index (χ1n) is 7.73. The molecular weight excluding hydrogens is 333 g/mol. The molecule has 1 N–H and O–H groups in total. The van der Waals surface area contributed by atoms with Crippen LogP contribution in [0.25, 0.3) is 0 Å². The molecule has 1 fully saturated rings. The van der Waals surface area contributed by atoms with E-state index in [9.17, 15) is 9.18 Å². The molecule has 4 nitrogen and oxygen atoms in total. The zero-order chi connectivity index (χ0) is 16.9. The molecule has 0 radical (unpaired) electrons. The lowest BCUT2D eigenvalue weighted by Gasteiger charge is -2.13. The lowest BCUT2D eigenvalue weighted by molar-refractivity contribution is 0.0680. The number of hydrogen-bond donors (Lipinski definition) is 1. The first-order valence-corrected chi connectivity index (χ1v) is 8.10. The van der Waals surface area contributed by atoms with E-state index in [0.29, 0.717) is 18.0 Å². The van der Waals surface area contributed by atoms with E-state index < -0.39 is 11.7 Å². The van der Waals surface area contributed by atoms with Gasteiger partial charge in [-0.15, -0.1) is 0 Å². The third-order valence-corrected chi connectivity index (χ3v) is 4.04. The molecule has 1 aliphatic heterocycles. The molecule has 2 aromatic carbocycles. The van der Waals surface area contributed by atoms with E-state index >= 15 is 0 Å². The predicted molar refractivity (Wildman–Crippen MR) is 90.3 cm³/mol. The van der Waals surface area contributed by atoms with Gasteiger partial charge in [-0.2, -0.15) is 0 Å². The lowest BCUT2D eigenvalue weighted by atomic mass is 10.2. The van der Waals surface area contributed by atoms with Crippen LogP contribution in [0.1, 0.15) is 23.2 Å². The van der Waals surface area contributed by atoms with Crippen molar-refractivity contribution in [3.05, 3.63) is 58.9 Å². The molecule has 24 heavy (non-hydrogen) atoms. The normalized spacial score (nSPS) is 16.8. The minimum atomic E-state index is -0.485. The molecule has 1 atom stereocenters. The van der Waals surface area contributed by atoms with E-state index in [1.165, 1.54) is 12.1 Å². The topological polar surface area (TPSA) is 47.6 Å². The minimum absolute atomic E-state index is 0.0679. The van der Waals surface area contributed by atoms with Gasteiger partial charge in [-0.3, -0.25) is 4.79 Å². The van der Waals surface area contributed by atoms with Crippen molar-refractivity contribution in [1.82, 2.24) is 0 Å². The number of carbonyl (C=O) groups is 1. The average Bonchev–Trinajstić information content (AvgIpc) is 3.06. The van der Waals surface area contributed by atoms with Crippen molar-refractivity contribution in [2.24, 2.45) is 0 Å². The van der Waals surface area contributed by atoms with E-state index in [4.69, 9.17) is 21.1 Å². The third-order valence-electron chi connectivity index (χ3n) is 3.73. The summed E-state index contributed by atoms with van der Waals surface area (Å²) in [5.41, 5.74) is 0.786. The molecule has 3 rings (SSSR count). The molecular formula is C18H17ClFNO3. The second-order valence-corrected chi connectivity index (χ2v) is 5.96. The number of halogens is 2. The van der Waals surface area contributed by atoms with Gasteiger partial charge in [0.25, 0.3) is 5.91 Å². The highest BCUT2D eigenvalue weighted by Gasteiger charge is 2.16. The van der Waals surface area contributed by atoms with Crippen molar-refractivity contribution < 1.29 is 18.7 Å². The summed E-state index contributed by atoms with van der Waals surface area (Å²) in [6.45, 7) is 1.27. The molecule has 0 aliphatic carbocycles. The van der Waals surface area contributed by atoms with Crippen LogP contribution in [0.5, 0.6) is 5.75 Å². The Balaban J connectivity index is 1.64. The number of anilines is 1. The average molecular weight is 350 g/mol. The standard InChI is InChI=1S/C18H17ClFNO3/c19-17-9-12(20)6-7-16(17)18(22)21-13-3-1-4-14(10-13)24-11-15-5-2-8-23-15/h1,3-4,6-7,9-10,15H,2,5,8,11H2,(H,21,22). The maximum absolute atomic E-state index is 13.1. The second-order valence-electron chi connectivity index (χ2n) is 5.55. The number of nitrogens with one attached hydrogen (secondary N) is 1. The predicted octanol–water partition coefficient (Wildman–Crippen LogP) is 4.29. The fourth-order valence-corrected chi connectivity index (χ4v) is 2.75. The van der Waals surface area contributed by atoms with Gasteiger partial charge in [0.05, 0.1) is 16.7 Å². The molecule has 0 aromatic heterocycles. The van der Waals surface area contributed by atoms with Gasteiger partial charge in [-0.05, 0) is 43.2 Å². The van der Waals surface area contributed by atoms with Gasteiger partial charge < -0.3 is 14.8 Å². The highest BCUT2D eigenvalue weighted by molar-refractivity contribution is 6.34. The van der Waals surface area contributed by atoms with Gasteiger partial charge in [0.2, 0.25) is 0 Å². The van der Waals surface area contributed by atoms with Crippen molar-refractivity contribution in [3.63, 3.8) is 0 Å². The van der Waals surface area contributed by atoms with Gasteiger partial charge in [-0.25, -0.2) is 4.39 Å². The Morgan fingerprint density at radius 3 is 2.96 bits per heavy atom. The minimum Gasteiger partial charge on any atom is -0.491 e. The zero-order valence-electron chi connectivity index (χ0n) is 12.9. The van der Waals surface area contributed by atoms with Crippen LogP contribution in [0.2, 0.25) is 5.02 Å². The number of ether oxygens (including phenoxy) is 2. The fraction of sp³-hybridized carbons (Fsp3) is 0.278. The highest BCUT2D eigenvalue weighted by Crippen LogP contribution is 2.22. The Morgan fingerprint density at radius 2 is 2.21 bits per heavy atom. The molecule has 126 valence electrons. The maximum atomic E-state index is 13.1. The van der Waals surface area contributed by atoms with E-state index in [2.05, 4.69) is 5.32 Å². The summed E-state index contributed by atoms with van der Waals surface area (Å²) in [5.74, 6) is -0.245. The molecule has 1 heterocycles. The lowest BCUT2D eigenvalue weighted by Crippen LogP contribution is -2.16. The van der Waals surface area contributed by atoms with E-state index in [1.807, 2.05) is 6.07 Å². The third kappa shape index (κ3) is 4.24. The van der Waals surface area contributed by atoms with E-state index in [1.54, 1.807) is 18.2 Å². The Bertz CT molecular complexity index is 732. The zero-order valence-corrected chi connectivity index (χ0v) is 13.7. The van der Waals surface area contributed by atoms with Gasteiger partial charge in [0.15, 0.2) is 0 Å². The summed E-state index contributed by atoms with van der Waals surface area (Å²) in [7, 11) is 0. The highest BCUT2D eigenvalue weighted by atomic mass is 35.5. The Morgan fingerprint density at radius 1 is 1.33 bits per heavy atom. The Kier molecular flexibility index (Phi) is 5.33. The monoisotopic (exact) mass is 349 g/mol. The van der Waals surface area contributed by atoms with Crippen LogP contribution in [0.15, 0.2) is 42.5 Å². The van der Waals surface area contributed by atoms with Crippen LogP contribution in [0, 0.1) is 5.82 Å². The fourth-order valence-electron chi connectivity index (χ4n) is 2.50. The van der Waals surface area contributed by atoms with Crippen LogP contribution in [-0.2, 0) is 4.74 Å². The molecule has 0 saturated carbocycles. The summed E-state index contributed by atoms with van der Waals surface area (Å²) < 4.78 is 24.3. The van der Waals surface area contributed by atoms with Crippen molar-refractivity contribution >= 4 is 23.2 Å². The van der Waals surface area contributed by atoms with Crippen LogP contribution >= 0.6 is 11.6 Å². The number of carbonyl (C=O) groups excluding carboxylic acids is 1. The molecule has 0 spiro atoms. The number of benzene rings is 2. The molecule has 1 unspecified atom stereocenters. The Labute approximate surface area is 144 Å².